The van der Waals surface area contributed by atoms with Crippen molar-refractivity contribution in [2.45, 2.75) is 84.3 Å². The van der Waals surface area contributed by atoms with Crippen molar-refractivity contribution < 1.29 is 4.74 Å². The Morgan fingerprint density at radius 1 is 0.793 bits per heavy atom. The SMILES string of the molecule is CCCCCCCCCCCn1c(C(C)Oc2ccccc2)nc2ccccc21. The number of fused-ring (bicyclic) bond motifs is 1. The summed E-state index contributed by atoms with van der Waals surface area (Å²) in [5.41, 5.74) is 2.27. The third-order valence-corrected chi connectivity index (χ3v) is 5.59. The molecule has 156 valence electrons. The van der Waals surface area contributed by atoms with E-state index in [4.69, 9.17) is 9.72 Å². The Morgan fingerprint density at radius 3 is 2.14 bits per heavy atom. The first-order valence-electron chi connectivity index (χ1n) is 11.5. The van der Waals surface area contributed by atoms with E-state index < -0.39 is 0 Å². The summed E-state index contributed by atoms with van der Waals surface area (Å²) >= 11 is 0. The number of unbranched alkanes of at least 4 members (excludes halogenated alkanes) is 8. The van der Waals surface area contributed by atoms with Gasteiger partial charge in [-0.2, -0.15) is 0 Å². The van der Waals surface area contributed by atoms with E-state index in [9.17, 15) is 0 Å². The van der Waals surface area contributed by atoms with Gasteiger partial charge in [0.15, 0.2) is 11.9 Å². The average Bonchev–Trinajstić information content (AvgIpc) is 3.12. The molecule has 0 bridgehead atoms. The molecule has 3 aromatic rings. The molecule has 3 rings (SSSR count). The lowest BCUT2D eigenvalue weighted by Gasteiger charge is -2.17. The van der Waals surface area contributed by atoms with Gasteiger partial charge in [-0.05, 0) is 37.6 Å². The summed E-state index contributed by atoms with van der Waals surface area (Å²) in [7, 11) is 0. The second-order valence-corrected chi connectivity index (χ2v) is 8.01. The van der Waals surface area contributed by atoms with E-state index in [2.05, 4.69) is 42.7 Å². The van der Waals surface area contributed by atoms with Gasteiger partial charge in [-0.3, -0.25) is 0 Å². The molecule has 0 radical (unpaired) electrons. The molecular formula is C26H36N2O. The third-order valence-electron chi connectivity index (χ3n) is 5.59. The second kappa shape index (κ2) is 11.6. The molecule has 0 aliphatic carbocycles. The van der Waals surface area contributed by atoms with Gasteiger partial charge in [0.05, 0.1) is 11.0 Å². The number of aryl methyl sites for hydroxylation is 1. The molecular weight excluding hydrogens is 356 g/mol. The minimum Gasteiger partial charge on any atom is -0.483 e. The predicted octanol–water partition coefficient (Wildman–Crippen LogP) is 7.71. The number of rotatable bonds is 13. The number of aromatic nitrogens is 2. The number of para-hydroxylation sites is 3. The van der Waals surface area contributed by atoms with Gasteiger partial charge in [-0.1, -0.05) is 88.6 Å². The fourth-order valence-corrected chi connectivity index (χ4v) is 3.98. The second-order valence-electron chi connectivity index (χ2n) is 8.01. The van der Waals surface area contributed by atoms with E-state index in [1.165, 1.54) is 63.3 Å². The van der Waals surface area contributed by atoms with Gasteiger partial charge in [-0.25, -0.2) is 4.98 Å². The van der Waals surface area contributed by atoms with Crippen LogP contribution in [-0.4, -0.2) is 9.55 Å². The minimum atomic E-state index is -0.0802. The van der Waals surface area contributed by atoms with Crippen molar-refractivity contribution in [2.24, 2.45) is 0 Å². The third kappa shape index (κ3) is 6.35. The lowest BCUT2D eigenvalue weighted by molar-refractivity contribution is 0.211. The Balaban J connectivity index is 1.57. The molecule has 0 spiro atoms. The first-order chi connectivity index (χ1) is 14.3. The molecule has 1 unspecified atom stereocenters. The normalized spacial score (nSPS) is 12.3. The van der Waals surface area contributed by atoms with Gasteiger partial charge in [0, 0.05) is 6.54 Å². The minimum absolute atomic E-state index is 0.0802. The van der Waals surface area contributed by atoms with Gasteiger partial charge >= 0.3 is 0 Å². The van der Waals surface area contributed by atoms with E-state index >= 15 is 0 Å². The molecule has 2 aromatic carbocycles. The molecule has 0 saturated heterocycles. The molecule has 0 aliphatic heterocycles. The van der Waals surface area contributed by atoms with Crippen molar-refractivity contribution in [1.82, 2.24) is 9.55 Å². The maximum absolute atomic E-state index is 6.18. The largest absolute Gasteiger partial charge is 0.483 e. The Hall–Kier alpha value is -2.29. The molecule has 0 saturated carbocycles. The Morgan fingerprint density at radius 2 is 1.41 bits per heavy atom. The van der Waals surface area contributed by atoms with Crippen LogP contribution in [0.5, 0.6) is 5.75 Å². The summed E-state index contributed by atoms with van der Waals surface area (Å²) in [6, 6.07) is 18.5. The number of hydrogen-bond acceptors (Lipinski definition) is 2. The van der Waals surface area contributed by atoms with Crippen LogP contribution in [0.4, 0.5) is 0 Å². The number of ether oxygens (including phenoxy) is 1. The monoisotopic (exact) mass is 392 g/mol. The molecule has 0 amide bonds. The highest BCUT2D eigenvalue weighted by molar-refractivity contribution is 5.76. The van der Waals surface area contributed by atoms with Gasteiger partial charge in [0.25, 0.3) is 0 Å². The van der Waals surface area contributed by atoms with Crippen LogP contribution in [0.15, 0.2) is 54.6 Å². The number of nitrogens with zero attached hydrogens (tertiary/aromatic N) is 2. The molecule has 0 N–H and O–H groups in total. The Kier molecular flexibility index (Phi) is 8.60. The zero-order valence-corrected chi connectivity index (χ0v) is 18.1. The average molecular weight is 393 g/mol. The van der Waals surface area contributed by atoms with Crippen molar-refractivity contribution in [3.63, 3.8) is 0 Å². The fourth-order valence-electron chi connectivity index (χ4n) is 3.98. The van der Waals surface area contributed by atoms with Crippen LogP contribution in [-0.2, 0) is 6.54 Å². The van der Waals surface area contributed by atoms with Crippen LogP contribution in [0, 0.1) is 0 Å². The number of benzene rings is 2. The molecule has 1 aromatic heterocycles. The summed E-state index contributed by atoms with van der Waals surface area (Å²) in [5, 5.41) is 0. The zero-order chi connectivity index (χ0) is 20.3. The highest BCUT2D eigenvalue weighted by atomic mass is 16.5. The predicted molar refractivity (Wildman–Crippen MR) is 122 cm³/mol. The summed E-state index contributed by atoms with van der Waals surface area (Å²) in [6.45, 7) is 5.38. The molecule has 3 nitrogen and oxygen atoms in total. The van der Waals surface area contributed by atoms with Crippen molar-refractivity contribution in [1.29, 1.82) is 0 Å². The fraction of sp³-hybridized carbons (Fsp3) is 0.500. The van der Waals surface area contributed by atoms with E-state index in [0.29, 0.717) is 0 Å². The van der Waals surface area contributed by atoms with Crippen LogP contribution >= 0.6 is 0 Å². The van der Waals surface area contributed by atoms with Gasteiger partial charge in [-0.15, -0.1) is 0 Å². The van der Waals surface area contributed by atoms with Gasteiger partial charge < -0.3 is 9.30 Å². The molecule has 3 heteroatoms. The van der Waals surface area contributed by atoms with Crippen molar-refractivity contribution in [2.75, 3.05) is 0 Å². The maximum Gasteiger partial charge on any atom is 0.153 e. The molecule has 1 heterocycles. The first kappa shape index (κ1) is 21.4. The van der Waals surface area contributed by atoms with Crippen molar-refractivity contribution in [3.05, 3.63) is 60.4 Å². The van der Waals surface area contributed by atoms with E-state index in [-0.39, 0.29) is 6.10 Å². The topological polar surface area (TPSA) is 27.1 Å². The Bertz CT molecular complexity index is 840. The van der Waals surface area contributed by atoms with Crippen molar-refractivity contribution >= 4 is 11.0 Å². The van der Waals surface area contributed by atoms with Gasteiger partial charge in [0.1, 0.15) is 5.75 Å². The molecule has 29 heavy (non-hydrogen) atoms. The van der Waals surface area contributed by atoms with Gasteiger partial charge in [0.2, 0.25) is 0 Å². The number of imidazole rings is 1. The lowest BCUT2D eigenvalue weighted by Crippen LogP contribution is -2.12. The zero-order valence-electron chi connectivity index (χ0n) is 18.1. The summed E-state index contributed by atoms with van der Waals surface area (Å²) in [6.07, 6.45) is 12.0. The highest BCUT2D eigenvalue weighted by Crippen LogP contribution is 2.25. The van der Waals surface area contributed by atoms with Crippen LogP contribution in [0.2, 0.25) is 0 Å². The number of hydrogen-bond donors (Lipinski definition) is 0. The highest BCUT2D eigenvalue weighted by Gasteiger charge is 2.17. The van der Waals surface area contributed by atoms with Crippen LogP contribution < -0.4 is 4.74 Å². The van der Waals surface area contributed by atoms with E-state index in [1.807, 2.05) is 30.3 Å². The van der Waals surface area contributed by atoms with Crippen LogP contribution in [0.25, 0.3) is 11.0 Å². The van der Waals surface area contributed by atoms with Crippen molar-refractivity contribution in [3.8, 4) is 5.75 Å². The molecule has 0 aliphatic rings. The quantitative estimate of drug-likeness (QED) is 0.279. The van der Waals surface area contributed by atoms with Crippen LogP contribution in [0.1, 0.15) is 83.6 Å². The summed E-state index contributed by atoms with van der Waals surface area (Å²) in [5.74, 6) is 1.91. The molecule has 1 atom stereocenters. The lowest BCUT2D eigenvalue weighted by atomic mass is 10.1. The molecule has 0 fully saturated rings. The standard InChI is InChI=1S/C26H36N2O/c1-3-4-5-6-7-8-9-10-16-21-28-25-20-15-14-19-24(25)27-26(28)22(2)29-23-17-12-11-13-18-23/h11-15,17-20,22H,3-10,16,21H2,1-2H3. The first-order valence-corrected chi connectivity index (χ1v) is 11.5. The smallest absolute Gasteiger partial charge is 0.153 e. The van der Waals surface area contributed by atoms with Crippen LogP contribution in [0.3, 0.4) is 0 Å². The summed E-state index contributed by atoms with van der Waals surface area (Å²) < 4.78 is 8.54. The maximum atomic E-state index is 6.18. The van der Waals surface area contributed by atoms with E-state index in [0.717, 1.165) is 23.6 Å². The van der Waals surface area contributed by atoms with E-state index in [1.54, 1.807) is 0 Å². The Labute approximate surface area is 176 Å². The summed E-state index contributed by atoms with van der Waals surface area (Å²) in [4.78, 5) is 4.90.